The molecule has 2 fully saturated rings. The molecule has 0 spiro atoms. The average molecular weight is 739 g/mol. The van der Waals surface area contributed by atoms with E-state index in [1.807, 2.05) is 70.9 Å². The second-order valence-corrected chi connectivity index (χ2v) is 16.3. The van der Waals surface area contributed by atoms with Gasteiger partial charge in [-0.1, -0.05) is 38.1 Å². The number of fused-ring (bicyclic) bond motifs is 2. The molecule has 9 atom stereocenters. The summed E-state index contributed by atoms with van der Waals surface area (Å²) >= 11 is 1.57. The fourth-order valence-corrected chi connectivity index (χ4v) is 9.03. The van der Waals surface area contributed by atoms with Gasteiger partial charge in [0.05, 0.1) is 40.0 Å². The molecule has 0 saturated carbocycles. The number of unbranched alkanes of at least 4 members (excludes halogenated alkanes) is 1. The number of ether oxygens (including phenoxy) is 3. The summed E-state index contributed by atoms with van der Waals surface area (Å²) in [4.78, 5) is 48.9. The molecule has 0 bridgehead atoms. The van der Waals surface area contributed by atoms with Crippen molar-refractivity contribution < 1.29 is 33.7 Å². The summed E-state index contributed by atoms with van der Waals surface area (Å²) in [5.41, 5.74) is -0.242. The predicted octanol–water partition coefficient (Wildman–Crippen LogP) is 4.73. The van der Waals surface area contributed by atoms with Gasteiger partial charge in [0.2, 0.25) is 5.91 Å². The first-order valence-electron chi connectivity index (χ1n) is 18.6. The lowest BCUT2D eigenvalue weighted by atomic mass is 9.67. The summed E-state index contributed by atoms with van der Waals surface area (Å²) in [6.07, 6.45) is 1.76. The largest absolute Gasteiger partial charge is 0.438 e. The van der Waals surface area contributed by atoms with Crippen molar-refractivity contribution in [3.63, 3.8) is 0 Å². The van der Waals surface area contributed by atoms with Crippen molar-refractivity contribution in [2.45, 2.75) is 129 Å². The van der Waals surface area contributed by atoms with Crippen molar-refractivity contribution in [1.82, 2.24) is 29.8 Å². The number of aliphatic hydroxyl groups is 1. The Balaban J connectivity index is 1.38. The Morgan fingerprint density at radius 3 is 2.54 bits per heavy atom. The number of nitrogens with zero attached hydrogens (tertiary/aromatic N) is 6. The van der Waals surface area contributed by atoms with Gasteiger partial charge in [0.1, 0.15) is 30.4 Å². The van der Waals surface area contributed by atoms with Crippen LogP contribution >= 0.6 is 11.3 Å². The van der Waals surface area contributed by atoms with E-state index in [2.05, 4.69) is 22.2 Å². The van der Waals surface area contributed by atoms with Crippen LogP contribution in [0.1, 0.15) is 80.6 Å². The first-order chi connectivity index (χ1) is 24.6. The van der Waals surface area contributed by atoms with Crippen LogP contribution in [-0.4, -0.2) is 116 Å². The molecule has 3 aromatic rings. The molecular weight excluding hydrogens is 683 g/mol. The van der Waals surface area contributed by atoms with Crippen LogP contribution < -0.4 is 0 Å². The predicted molar refractivity (Wildman–Crippen MR) is 202 cm³/mol. The van der Waals surface area contributed by atoms with E-state index in [0.29, 0.717) is 51.0 Å². The molecule has 1 aromatic carbocycles. The van der Waals surface area contributed by atoms with Crippen molar-refractivity contribution >= 4 is 47.2 Å². The number of methoxy groups -OCH3 is 1. The molecule has 1 unspecified atom stereocenters. The number of para-hydroxylation sites is 1. The minimum atomic E-state index is -1.41. The van der Waals surface area contributed by atoms with Crippen molar-refractivity contribution in [2.24, 2.45) is 11.8 Å². The number of thiazole rings is 1. The van der Waals surface area contributed by atoms with Gasteiger partial charge in [0, 0.05) is 40.1 Å². The molecule has 2 saturated heterocycles. The van der Waals surface area contributed by atoms with Gasteiger partial charge < -0.3 is 24.2 Å². The van der Waals surface area contributed by atoms with Crippen molar-refractivity contribution in [2.75, 3.05) is 20.2 Å². The number of benzene rings is 1. The van der Waals surface area contributed by atoms with Crippen LogP contribution in [0.15, 0.2) is 30.5 Å². The van der Waals surface area contributed by atoms with Gasteiger partial charge in [0.25, 0.3) is 0 Å². The minimum Gasteiger partial charge on any atom is -0.438 e. The monoisotopic (exact) mass is 738 g/mol. The molecule has 13 nitrogen and oxygen atoms in total. The molecule has 2 aromatic heterocycles. The molecule has 2 aliphatic rings. The van der Waals surface area contributed by atoms with E-state index >= 15 is 0 Å². The van der Waals surface area contributed by atoms with Crippen LogP contribution in [0.25, 0.3) is 20.9 Å². The number of aromatic nitrogens is 4. The highest BCUT2D eigenvalue weighted by molar-refractivity contribution is 7.21. The van der Waals surface area contributed by atoms with E-state index in [-0.39, 0.29) is 29.8 Å². The number of rotatable bonds is 8. The number of amides is 2. The third-order valence-electron chi connectivity index (χ3n) is 11.4. The Kier molecular flexibility index (Phi) is 12.5. The number of hydrogen-bond donors (Lipinski definition) is 1. The number of carbonyl (C=O) groups excluding carboxylic acids is 3. The first-order valence-corrected chi connectivity index (χ1v) is 19.4. The Hall–Kier alpha value is -3.40. The van der Waals surface area contributed by atoms with E-state index in [9.17, 15) is 19.5 Å². The second-order valence-electron chi connectivity index (χ2n) is 15.3. The van der Waals surface area contributed by atoms with Gasteiger partial charge in [-0.25, -0.2) is 9.78 Å². The van der Waals surface area contributed by atoms with Gasteiger partial charge in [-0.3, -0.25) is 19.2 Å². The van der Waals surface area contributed by atoms with Crippen LogP contribution in [0, 0.1) is 11.8 Å². The molecule has 2 amide bonds. The van der Waals surface area contributed by atoms with Crippen LogP contribution in [0.2, 0.25) is 5.82 Å². The standard InChI is InChI=1S/C37H55BN6O7S/c1-9-31-37(7)32(24(4)44(25(5)45)20-22(2)19-36(6,49-8)30(38)18-28(46)23(3)34(47)50-31)43(35(48)51-37)17-13-12-16-42-21-27(40-41-42)33-39-26-14-10-11-15-29(26)52-33/h10-11,14-15,21-24,30-32,34,47H,9,12-13,16-20,38H2,1-8H3/t22-,23-,24-,30-,31-,32-,34?,36-,37-/m1/s1. The number of Topliss-reactive ketones (excluding diaryl/α,β-unsaturated/α-hetero) is 1. The quantitative estimate of drug-likeness (QED) is 0.254. The highest BCUT2D eigenvalue weighted by Crippen LogP contribution is 2.41. The van der Waals surface area contributed by atoms with Crippen LogP contribution in [-0.2, 0) is 30.3 Å². The lowest BCUT2D eigenvalue weighted by molar-refractivity contribution is -0.210. The average Bonchev–Trinajstić information content (AvgIpc) is 3.82. The second kappa shape index (κ2) is 16.3. The van der Waals surface area contributed by atoms with Crippen LogP contribution in [0.3, 0.4) is 0 Å². The SMILES string of the molecule is B[C@@H]1CC(=O)[C@@H](C)C(O)O[C@H](CC)[C@@]2(C)OC(=O)N(CCCCn3cc(-c4nc5ccccc5s4)nn3)[C@@H]2[C@@H](C)N(C(C)=O)C[C@H](C)C[C@@]1(C)OC. The number of carbonyl (C=O) groups is 3. The van der Waals surface area contributed by atoms with Gasteiger partial charge in [-0.2, -0.15) is 0 Å². The third-order valence-corrected chi connectivity index (χ3v) is 12.5. The van der Waals surface area contributed by atoms with Gasteiger partial charge >= 0.3 is 6.09 Å². The van der Waals surface area contributed by atoms with E-state index in [4.69, 9.17) is 14.2 Å². The van der Waals surface area contributed by atoms with Gasteiger partial charge in [0.15, 0.2) is 11.9 Å². The summed E-state index contributed by atoms with van der Waals surface area (Å²) in [6, 6.07) is 6.90. The van der Waals surface area contributed by atoms with Crippen LogP contribution in [0.5, 0.6) is 0 Å². The molecule has 2 aliphatic heterocycles. The van der Waals surface area contributed by atoms with Crippen LogP contribution in [0.4, 0.5) is 4.79 Å². The molecule has 5 rings (SSSR count). The fraction of sp³-hybridized carbons (Fsp3) is 0.676. The summed E-state index contributed by atoms with van der Waals surface area (Å²) in [7, 11) is 3.63. The summed E-state index contributed by atoms with van der Waals surface area (Å²) < 4.78 is 21.4. The maximum atomic E-state index is 13.8. The molecule has 4 heterocycles. The smallest absolute Gasteiger partial charge is 0.410 e. The lowest BCUT2D eigenvalue weighted by Crippen LogP contribution is -2.62. The van der Waals surface area contributed by atoms with E-state index in [0.717, 1.165) is 15.2 Å². The zero-order chi connectivity index (χ0) is 38.0. The molecule has 52 heavy (non-hydrogen) atoms. The third kappa shape index (κ3) is 8.22. The fourth-order valence-electron chi connectivity index (χ4n) is 8.11. The molecule has 284 valence electrons. The first kappa shape index (κ1) is 39.8. The highest BCUT2D eigenvalue weighted by Gasteiger charge is 2.59. The lowest BCUT2D eigenvalue weighted by Gasteiger charge is -2.45. The zero-order valence-corrected chi connectivity index (χ0v) is 32.9. The molecule has 0 radical (unpaired) electrons. The summed E-state index contributed by atoms with van der Waals surface area (Å²) in [6.45, 7) is 14.4. The maximum Gasteiger partial charge on any atom is 0.410 e. The Morgan fingerprint density at radius 2 is 1.87 bits per heavy atom. The zero-order valence-electron chi connectivity index (χ0n) is 32.1. The van der Waals surface area contributed by atoms with Crippen molar-refractivity contribution in [3.8, 4) is 10.7 Å². The molecular formula is C37H55BN6O7S. The van der Waals surface area contributed by atoms with E-state index in [1.54, 1.807) is 41.9 Å². The molecule has 0 aliphatic carbocycles. The molecule has 1 N–H and O–H groups in total. The number of hydrogen-bond acceptors (Lipinski definition) is 11. The van der Waals surface area contributed by atoms with Crippen molar-refractivity contribution in [1.29, 1.82) is 0 Å². The Morgan fingerprint density at radius 1 is 1.15 bits per heavy atom. The van der Waals surface area contributed by atoms with E-state index < -0.39 is 47.7 Å². The van der Waals surface area contributed by atoms with E-state index in [1.165, 1.54) is 0 Å². The Bertz CT molecular complexity index is 1690. The minimum absolute atomic E-state index is 0.00767. The maximum absolute atomic E-state index is 13.8. The Labute approximate surface area is 311 Å². The number of aryl methyl sites for hydroxylation is 1. The highest BCUT2D eigenvalue weighted by atomic mass is 32.1. The summed E-state index contributed by atoms with van der Waals surface area (Å²) in [5, 5.41) is 20.8. The normalized spacial score (nSPS) is 32.4. The number of ketones is 1. The topological polar surface area (TPSA) is 149 Å². The van der Waals surface area contributed by atoms with Gasteiger partial charge in [-0.05, 0) is 70.3 Å². The van der Waals surface area contributed by atoms with Gasteiger partial charge in [-0.15, -0.1) is 16.4 Å². The summed E-state index contributed by atoms with van der Waals surface area (Å²) in [5.74, 6) is -1.21. The van der Waals surface area contributed by atoms with Crippen molar-refractivity contribution in [3.05, 3.63) is 30.5 Å². The number of aliphatic hydroxyl groups excluding tert-OH is 1. The molecule has 15 heteroatoms.